The van der Waals surface area contributed by atoms with Gasteiger partial charge in [-0.2, -0.15) is 0 Å². The van der Waals surface area contributed by atoms with Crippen LogP contribution in [0.3, 0.4) is 0 Å². The van der Waals surface area contributed by atoms with Crippen LogP contribution in [0.4, 0.5) is 5.69 Å². The zero-order valence-corrected chi connectivity index (χ0v) is 12.9. The average molecular weight is 328 g/mol. The highest BCUT2D eigenvalue weighted by Gasteiger charge is 2.19. The fraction of sp³-hybridized carbons (Fsp3) is 0.214. The molecule has 1 aromatic rings. The molecule has 0 saturated heterocycles. The zero-order chi connectivity index (χ0) is 16.9. The Balaban J connectivity index is 3.35. The minimum atomic E-state index is -1.24. The maximum absolute atomic E-state index is 11.7. The number of nitrogens with one attached hydrogen (secondary N) is 1. The van der Waals surface area contributed by atoms with Gasteiger partial charge in [-0.05, 0) is 24.6 Å². The largest absolute Gasteiger partial charge is 0.478 e. The third-order valence-electron chi connectivity index (χ3n) is 2.66. The van der Waals surface area contributed by atoms with Crippen molar-refractivity contribution in [3.63, 3.8) is 0 Å². The molecule has 1 rings (SSSR count). The number of aromatic carboxylic acids is 1. The SMILES string of the molecule is COC(=O)/C=C(/Nc1c(C)cc(Cl)cc1C(=O)O)C(=O)OC. The average Bonchev–Trinajstić information content (AvgIpc) is 2.47. The summed E-state index contributed by atoms with van der Waals surface area (Å²) in [4.78, 5) is 34.3. The van der Waals surface area contributed by atoms with E-state index in [0.717, 1.165) is 20.3 Å². The summed E-state index contributed by atoms with van der Waals surface area (Å²) in [5.74, 6) is -2.89. The lowest BCUT2D eigenvalue weighted by Crippen LogP contribution is -2.17. The highest BCUT2D eigenvalue weighted by molar-refractivity contribution is 6.31. The predicted molar refractivity (Wildman–Crippen MR) is 78.9 cm³/mol. The second-order valence-corrected chi connectivity index (χ2v) is 4.58. The van der Waals surface area contributed by atoms with Gasteiger partial charge in [0.05, 0.1) is 31.5 Å². The van der Waals surface area contributed by atoms with E-state index >= 15 is 0 Å². The van der Waals surface area contributed by atoms with Crippen molar-refractivity contribution in [3.8, 4) is 0 Å². The summed E-state index contributed by atoms with van der Waals surface area (Å²) >= 11 is 5.83. The lowest BCUT2D eigenvalue weighted by Gasteiger charge is -2.14. The maximum Gasteiger partial charge on any atom is 0.354 e. The summed E-state index contributed by atoms with van der Waals surface area (Å²) in [5, 5.41) is 12.0. The van der Waals surface area contributed by atoms with Crippen LogP contribution in [-0.4, -0.2) is 37.2 Å². The molecule has 0 saturated carbocycles. The number of ether oxygens (including phenoxy) is 2. The van der Waals surface area contributed by atoms with Gasteiger partial charge in [-0.3, -0.25) is 0 Å². The standard InChI is InChI=1S/C14H14ClNO6/c1-7-4-8(15)5-9(13(18)19)12(7)16-10(14(20)22-3)6-11(17)21-2/h4-6,16H,1-3H3,(H,18,19)/b10-6+. The zero-order valence-electron chi connectivity index (χ0n) is 12.1. The van der Waals surface area contributed by atoms with Crippen LogP contribution in [0.25, 0.3) is 0 Å². The van der Waals surface area contributed by atoms with E-state index in [1.54, 1.807) is 6.92 Å². The summed E-state index contributed by atoms with van der Waals surface area (Å²) in [7, 11) is 2.27. The van der Waals surface area contributed by atoms with Gasteiger partial charge in [0.2, 0.25) is 0 Å². The van der Waals surface area contributed by atoms with Crippen LogP contribution in [0.1, 0.15) is 15.9 Å². The maximum atomic E-state index is 11.7. The second kappa shape index (κ2) is 7.46. The molecule has 0 unspecified atom stereocenters. The minimum absolute atomic E-state index is 0.123. The molecule has 118 valence electrons. The number of carboxylic acid groups (broad SMARTS) is 1. The summed E-state index contributed by atoms with van der Waals surface area (Å²) in [6, 6.07) is 2.75. The van der Waals surface area contributed by atoms with E-state index in [1.807, 2.05) is 0 Å². The Morgan fingerprint density at radius 1 is 1.23 bits per heavy atom. The molecule has 0 bridgehead atoms. The van der Waals surface area contributed by atoms with Gasteiger partial charge in [0, 0.05) is 5.02 Å². The van der Waals surface area contributed by atoms with Crippen LogP contribution in [-0.2, 0) is 19.1 Å². The van der Waals surface area contributed by atoms with Crippen molar-refractivity contribution in [2.75, 3.05) is 19.5 Å². The van der Waals surface area contributed by atoms with Crippen molar-refractivity contribution in [2.24, 2.45) is 0 Å². The number of hydrogen-bond donors (Lipinski definition) is 2. The van der Waals surface area contributed by atoms with Gasteiger partial charge in [0.1, 0.15) is 5.70 Å². The molecule has 0 aromatic heterocycles. The van der Waals surface area contributed by atoms with Crippen LogP contribution in [0.15, 0.2) is 23.9 Å². The third-order valence-corrected chi connectivity index (χ3v) is 2.88. The molecule has 0 heterocycles. The molecule has 0 fully saturated rings. The molecule has 0 aliphatic rings. The molecule has 2 N–H and O–H groups in total. The van der Waals surface area contributed by atoms with Crippen molar-refractivity contribution in [1.29, 1.82) is 0 Å². The minimum Gasteiger partial charge on any atom is -0.478 e. The lowest BCUT2D eigenvalue weighted by molar-refractivity contribution is -0.138. The lowest BCUT2D eigenvalue weighted by atomic mass is 10.1. The number of benzene rings is 1. The Hall–Kier alpha value is -2.54. The fourth-order valence-electron chi connectivity index (χ4n) is 1.65. The first-order valence-electron chi connectivity index (χ1n) is 5.98. The van der Waals surface area contributed by atoms with Crippen molar-refractivity contribution in [1.82, 2.24) is 0 Å². The van der Waals surface area contributed by atoms with Gasteiger partial charge in [0.25, 0.3) is 0 Å². The van der Waals surface area contributed by atoms with E-state index < -0.39 is 17.9 Å². The normalized spacial score (nSPS) is 10.8. The molecular weight excluding hydrogens is 314 g/mol. The fourth-order valence-corrected chi connectivity index (χ4v) is 1.92. The highest BCUT2D eigenvalue weighted by Crippen LogP contribution is 2.27. The first kappa shape index (κ1) is 17.5. The van der Waals surface area contributed by atoms with Crippen molar-refractivity contribution < 1.29 is 29.0 Å². The van der Waals surface area contributed by atoms with Crippen molar-refractivity contribution in [2.45, 2.75) is 6.92 Å². The van der Waals surface area contributed by atoms with Gasteiger partial charge >= 0.3 is 17.9 Å². The topological polar surface area (TPSA) is 102 Å². The summed E-state index contributed by atoms with van der Waals surface area (Å²) < 4.78 is 8.98. The van der Waals surface area contributed by atoms with Crippen LogP contribution >= 0.6 is 11.6 Å². The van der Waals surface area contributed by atoms with Crippen LogP contribution < -0.4 is 5.32 Å². The number of methoxy groups -OCH3 is 2. The third kappa shape index (κ3) is 4.23. The number of esters is 2. The van der Waals surface area contributed by atoms with Gasteiger partial charge in [0.15, 0.2) is 0 Å². The van der Waals surface area contributed by atoms with Crippen LogP contribution in [0.5, 0.6) is 0 Å². The summed E-state index contributed by atoms with van der Waals surface area (Å²) in [6.07, 6.45) is 0.867. The number of carbonyl (C=O) groups excluding carboxylic acids is 2. The van der Waals surface area contributed by atoms with E-state index in [0.29, 0.717) is 5.56 Å². The van der Waals surface area contributed by atoms with Gasteiger partial charge in [-0.25, -0.2) is 14.4 Å². The molecule has 0 spiro atoms. The van der Waals surface area contributed by atoms with E-state index in [2.05, 4.69) is 14.8 Å². The molecule has 0 radical (unpaired) electrons. The van der Waals surface area contributed by atoms with Crippen LogP contribution in [0, 0.1) is 6.92 Å². The Bertz CT molecular complexity index is 653. The summed E-state index contributed by atoms with van der Waals surface area (Å²) in [5.41, 5.74) is 0.189. The summed E-state index contributed by atoms with van der Waals surface area (Å²) in [6.45, 7) is 1.60. The number of aryl methyl sites for hydroxylation is 1. The van der Waals surface area contributed by atoms with Gasteiger partial charge < -0.3 is 19.9 Å². The number of halogens is 1. The first-order chi connectivity index (χ1) is 10.3. The second-order valence-electron chi connectivity index (χ2n) is 4.15. The highest BCUT2D eigenvalue weighted by atomic mass is 35.5. The monoisotopic (exact) mass is 327 g/mol. The molecule has 0 aliphatic carbocycles. The number of hydrogen-bond acceptors (Lipinski definition) is 6. The molecule has 0 amide bonds. The Morgan fingerprint density at radius 3 is 2.36 bits per heavy atom. The molecule has 8 heteroatoms. The molecule has 22 heavy (non-hydrogen) atoms. The van der Waals surface area contributed by atoms with Crippen LogP contribution in [0.2, 0.25) is 5.02 Å². The first-order valence-corrected chi connectivity index (χ1v) is 6.36. The number of anilines is 1. The molecule has 0 aliphatic heterocycles. The Morgan fingerprint density at radius 2 is 1.86 bits per heavy atom. The molecule has 1 aromatic carbocycles. The molecule has 0 atom stereocenters. The van der Waals surface area contributed by atoms with E-state index in [4.69, 9.17) is 11.6 Å². The predicted octanol–water partition coefficient (Wildman–Crippen LogP) is 1.99. The van der Waals surface area contributed by atoms with E-state index in [9.17, 15) is 19.5 Å². The smallest absolute Gasteiger partial charge is 0.354 e. The van der Waals surface area contributed by atoms with Gasteiger partial charge in [-0.15, -0.1) is 0 Å². The van der Waals surface area contributed by atoms with E-state index in [-0.39, 0.29) is 22.0 Å². The van der Waals surface area contributed by atoms with Crippen molar-refractivity contribution >= 4 is 35.2 Å². The molecule has 7 nitrogen and oxygen atoms in total. The Kier molecular flexibility index (Phi) is 5.94. The Labute approximate surface area is 131 Å². The number of carboxylic acids is 1. The number of carbonyl (C=O) groups is 3. The quantitative estimate of drug-likeness (QED) is 0.629. The molecular formula is C14H14ClNO6. The number of rotatable bonds is 5. The van der Waals surface area contributed by atoms with Gasteiger partial charge in [-0.1, -0.05) is 11.6 Å². The van der Waals surface area contributed by atoms with E-state index in [1.165, 1.54) is 12.1 Å². The van der Waals surface area contributed by atoms with Crippen molar-refractivity contribution in [3.05, 3.63) is 40.1 Å².